The summed E-state index contributed by atoms with van der Waals surface area (Å²) in [6.45, 7) is 2.71. The zero-order chi connectivity index (χ0) is 12.4. The van der Waals surface area contributed by atoms with E-state index in [4.69, 9.17) is 4.74 Å². The number of benzene rings is 1. The minimum absolute atomic E-state index is 0.0296. The van der Waals surface area contributed by atoms with Gasteiger partial charge in [0.15, 0.2) is 0 Å². The molecule has 3 nitrogen and oxygen atoms in total. The lowest BCUT2D eigenvalue weighted by Gasteiger charge is -2.16. The minimum atomic E-state index is -0.0296. The summed E-state index contributed by atoms with van der Waals surface area (Å²) >= 11 is 5.55. The molecule has 0 saturated carbocycles. The quantitative estimate of drug-likeness (QED) is 0.762. The highest BCUT2D eigenvalue weighted by Gasteiger charge is 2.26. The number of ether oxygens (including phenoxy) is 1. The molecule has 92 valence electrons. The SMILES string of the molecule is CC1OCCC1NC(=O)c1cc(Br)ccc1I. The number of hydrogen-bond acceptors (Lipinski definition) is 2. The van der Waals surface area contributed by atoms with Crippen molar-refractivity contribution in [3.8, 4) is 0 Å². The summed E-state index contributed by atoms with van der Waals surface area (Å²) in [6.07, 6.45) is 0.987. The molecule has 0 radical (unpaired) electrons. The van der Waals surface area contributed by atoms with Crippen LogP contribution in [-0.4, -0.2) is 24.7 Å². The van der Waals surface area contributed by atoms with Crippen LogP contribution in [0.2, 0.25) is 0 Å². The molecule has 17 heavy (non-hydrogen) atoms. The molecular weight excluding hydrogens is 397 g/mol. The molecule has 1 saturated heterocycles. The molecule has 1 fully saturated rings. The first-order chi connectivity index (χ1) is 8.08. The standard InChI is InChI=1S/C12H13BrINO2/c1-7-11(4-5-17-7)15-12(16)9-6-8(13)2-3-10(9)14/h2-3,6-7,11H,4-5H2,1H3,(H,15,16). The lowest BCUT2D eigenvalue weighted by Crippen LogP contribution is -2.39. The molecule has 1 aromatic carbocycles. The maximum atomic E-state index is 12.1. The van der Waals surface area contributed by atoms with E-state index in [0.29, 0.717) is 5.56 Å². The van der Waals surface area contributed by atoms with Crippen LogP contribution in [0.15, 0.2) is 22.7 Å². The van der Waals surface area contributed by atoms with E-state index in [-0.39, 0.29) is 18.1 Å². The number of nitrogens with one attached hydrogen (secondary N) is 1. The van der Waals surface area contributed by atoms with Crippen molar-refractivity contribution in [1.82, 2.24) is 5.32 Å². The van der Waals surface area contributed by atoms with Crippen molar-refractivity contribution in [1.29, 1.82) is 0 Å². The number of amides is 1. The van der Waals surface area contributed by atoms with Crippen molar-refractivity contribution in [2.75, 3.05) is 6.61 Å². The fraction of sp³-hybridized carbons (Fsp3) is 0.417. The normalized spacial score (nSPS) is 23.7. The first kappa shape index (κ1) is 13.3. The van der Waals surface area contributed by atoms with Crippen LogP contribution in [0.3, 0.4) is 0 Å². The second-order valence-corrected chi connectivity index (χ2v) is 6.15. The summed E-state index contributed by atoms with van der Waals surface area (Å²) in [6, 6.07) is 5.82. The Balaban J connectivity index is 2.11. The van der Waals surface area contributed by atoms with E-state index in [1.807, 2.05) is 25.1 Å². The molecule has 5 heteroatoms. The Bertz CT molecular complexity index is 439. The maximum Gasteiger partial charge on any atom is 0.252 e. The number of halogens is 2. The van der Waals surface area contributed by atoms with Crippen molar-refractivity contribution in [2.45, 2.75) is 25.5 Å². The summed E-state index contributed by atoms with van der Waals surface area (Å²) in [7, 11) is 0. The van der Waals surface area contributed by atoms with E-state index in [0.717, 1.165) is 21.1 Å². The number of carbonyl (C=O) groups excluding carboxylic acids is 1. The average molecular weight is 410 g/mol. The molecule has 1 aliphatic heterocycles. The highest BCUT2D eigenvalue weighted by Crippen LogP contribution is 2.19. The molecule has 0 spiro atoms. The van der Waals surface area contributed by atoms with Gasteiger partial charge >= 0.3 is 0 Å². The number of carbonyl (C=O) groups is 1. The Morgan fingerprint density at radius 2 is 2.35 bits per heavy atom. The Hall–Kier alpha value is -0.140. The molecule has 1 N–H and O–H groups in total. The van der Waals surface area contributed by atoms with Gasteiger partial charge in [0.25, 0.3) is 5.91 Å². The number of rotatable bonds is 2. The van der Waals surface area contributed by atoms with Gasteiger partial charge in [-0.3, -0.25) is 4.79 Å². The van der Waals surface area contributed by atoms with Crippen LogP contribution < -0.4 is 5.32 Å². The molecule has 1 heterocycles. The van der Waals surface area contributed by atoms with Gasteiger partial charge in [0.05, 0.1) is 17.7 Å². The molecule has 0 aliphatic carbocycles. The first-order valence-corrected chi connectivity index (χ1v) is 7.32. The summed E-state index contributed by atoms with van der Waals surface area (Å²) in [5.74, 6) is -0.0296. The van der Waals surface area contributed by atoms with Gasteiger partial charge in [0.2, 0.25) is 0 Å². The van der Waals surface area contributed by atoms with Gasteiger partial charge in [0.1, 0.15) is 0 Å². The van der Waals surface area contributed by atoms with Gasteiger partial charge in [-0.1, -0.05) is 15.9 Å². The highest BCUT2D eigenvalue weighted by atomic mass is 127. The highest BCUT2D eigenvalue weighted by molar-refractivity contribution is 14.1. The lowest BCUT2D eigenvalue weighted by molar-refractivity contribution is 0.0865. The van der Waals surface area contributed by atoms with E-state index in [1.54, 1.807) is 0 Å². The van der Waals surface area contributed by atoms with E-state index >= 15 is 0 Å². The third kappa shape index (κ3) is 3.20. The lowest BCUT2D eigenvalue weighted by atomic mass is 10.1. The smallest absolute Gasteiger partial charge is 0.252 e. The van der Waals surface area contributed by atoms with Gasteiger partial charge in [-0.2, -0.15) is 0 Å². The van der Waals surface area contributed by atoms with Gasteiger partial charge in [0, 0.05) is 14.6 Å². The van der Waals surface area contributed by atoms with Crippen LogP contribution in [0.5, 0.6) is 0 Å². The fourth-order valence-corrected chi connectivity index (χ4v) is 2.78. The molecule has 0 aromatic heterocycles. The molecule has 1 amide bonds. The van der Waals surface area contributed by atoms with Crippen LogP contribution in [0, 0.1) is 3.57 Å². The van der Waals surface area contributed by atoms with Crippen LogP contribution in [0.25, 0.3) is 0 Å². The minimum Gasteiger partial charge on any atom is -0.376 e. The van der Waals surface area contributed by atoms with Crippen molar-refractivity contribution < 1.29 is 9.53 Å². The summed E-state index contributed by atoms with van der Waals surface area (Å²) in [5.41, 5.74) is 0.707. The zero-order valence-corrected chi connectivity index (χ0v) is 13.1. The molecule has 1 aliphatic rings. The molecule has 2 atom stereocenters. The van der Waals surface area contributed by atoms with Crippen molar-refractivity contribution in [2.24, 2.45) is 0 Å². The molecule has 0 bridgehead atoms. The third-order valence-electron chi connectivity index (χ3n) is 2.87. The summed E-state index contributed by atoms with van der Waals surface area (Å²) < 4.78 is 7.30. The molecular formula is C12H13BrINO2. The maximum absolute atomic E-state index is 12.1. The zero-order valence-electron chi connectivity index (χ0n) is 9.37. The number of hydrogen-bond donors (Lipinski definition) is 1. The van der Waals surface area contributed by atoms with Gasteiger partial charge in [-0.05, 0) is 54.1 Å². The first-order valence-electron chi connectivity index (χ1n) is 5.45. The van der Waals surface area contributed by atoms with Crippen LogP contribution in [-0.2, 0) is 4.74 Å². The van der Waals surface area contributed by atoms with Crippen molar-refractivity contribution in [3.05, 3.63) is 31.8 Å². The predicted molar refractivity (Wildman–Crippen MR) is 78.1 cm³/mol. The predicted octanol–water partition coefficient (Wildman–Crippen LogP) is 2.96. The van der Waals surface area contributed by atoms with Gasteiger partial charge in [-0.15, -0.1) is 0 Å². The van der Waals surface area contributed by atoms with Crippen LogP contribution in [0.1, 0.15) is 23.7 Å². The second-order valence-electron chi connectivity index (χ2n) is 4.07. The van der Waals surface area contributed by atoms with Gasteiger partial charge < -0.3 is 10.1 Å². The Labute approximate surface area is 123 Å². The van der Waals surface area contributed by atoms with E-state index in [1.165, 1.54) is 0 Å². The van der Waals surface area contributed by atoms with Crippen molar-refractivity contribution in [3.63, 3.8) is 0 Å². The monoisotopic (exact) mass is 409 g/mol. The Morgan fingerprint density at radius 1 is 1.59 bits per heavy atom. The van der Waals surface area contributed by atoms with Crippen LogP contribution in [0.4, 0.5) is 0 Å². The third-order valence-corrected chi connectivity index (χ3v) is 4.30. The summed E-state index contributed by atoms with van der Waals surface area (Å²) in [5, 5.41) is 3.02. The molecule has 2 unspecified atom stereocenters. The average Bonchev–Trinajstić information content (AvgIpc) is 2.68. The van der Waals surface area contributed by atoms with Crippen molar-refractivity contribution >= 4 is 44.4 Å². The van der Waals surface area contributed by atoms with E-state index < -0.39 is 0 Å². The topological polar surface area (TPSA) is 38.3 Å². The molecule has 1 aromatic rings. The Kier molecular flexibility index (Phi) is 4.43. The summed E-state index contributed by atoms with van der Waals surface area (Å²) in [4.78, 5) is 12.1. The van der Waals surface area contributed by atoms with E-state index in [9.17, 15) is 4.79 Å². The second kappa shape index (κ2) is 5.67. The van der Waals surface area contributed by atoms with Gasteiger partial charge in [-0.25, -0.2) is 0 Å². The van der Waals surface area contributed by atoms with Crippen LogP contribution >= 0.6 is 38.5 Å². The fourth-order valence-electron chi connectivity index (χ4n) is 1.84. The molecule has 2 rings (SSSR count). The largest absolute Gasteiger partial charge is 0.376 e. The Morgan fingerprint density at radius 3 is 3.00 bits per heavy atom. The van der Waals surface area contributed by atoms with E-state index in [2.05, 4.69) is 43.8 Å².